The van der Waals surface area contributed by atoms with Gasteiger partial charge in [0.1, 0.15) is 0 Å². The van der Waals surface area contributed by atoms with Gasteiger partial charge >= 0.3 is 79.2 Å². The van der Waals surface area contributed by atoms with E-state index in [1.807, 2.05) is 0 Å². The van der Waals surface area contributed by atoms with Gasteiger partial charge in [-0.1, -0.05) is 0 Å². The average molecular weight is 276 g/mol. The second-order valence-electron chi connectivity index (χ2n) is 2.36. The van der Waals surface area contributed by atoms with Crippen molar-refractivity contribution in [1.29, 1.82) is 0 Å². The van der Waals surface area contributed by atoms with E-state index in [0.29, 0.717) is 0 Å². The summed E-state index contributed by atoms with van der Waals surface area (Å²) < 4.78 is 0. The Hall–Kier alpha value is 1.68. The van der Waals surface area contributed by atoms with Crippen molar-refractivity contribution in [3.63, 3.8) is 0 Å². The summed E-state index contributed by atoms with van der Waals surface area (Å²) in [6.45, 7) is 4.44. The van der Waals surface area contributed by atoms with Crippen LogP contribution < -0.4 is 0 Å². The van der Waals surface area contributed by atoms with Crippen LogP contribution in [0.25, 0.3) is 0 Å². The van der Waals surface area contributed by atoms with Gasteiger partial charge in [-0.3, -0.25) is 0 Å². The molecule has 0 rings (SSSR count). The fourth-order valence-electron chi connectivity index (χ4n) is 0.918. The molecule has 0 saturated carbocycles. The van der Waals surface area contributed by atoms with E-state index in [1.165, 1.54) is 24.9 Å². The molecule has 0 aliphatic carbocycles. The molecule has 0 atom stereocenters. The van der Waals surface area contributed by atoms with E-state index in [9.17, 15) is 0 Å². The van der Waals surface area contributed by atoms with Crippen molar-refractivity contribution in [3.8, 4) is 0 Å². The van der Waals surface area contributed by atoms with E-state index in [4.69, 9.17) is 17.0 Å². The molecular weight excluding hydrogens is 262 g/mol. The first-order valence-corrected chi connectivity index (χ1v) is 15.7. The normalized spacial score (nSPS) is 9.60. The van der Waals surface area contributed by atoms with Crippen molar-refractivity contribution in [1.82, 2.24) is 0 Å². The maximum atomic E-state index is 6.01. The predicted molar refractivity (Wildman–Crippen MR) is 47.7 cm³/mol. The first-order valence-electron chi connectivity index (χ1n) is 3.75. The van der Waals surface area contributed by atoms with E-state index < -0.39 is 18.0 Å². The molecule has 0 unspecified atom stereocenters. The summed E-state index contributed by atoms with van der Waals surface area (Å²) in [6.07, 6.45) is 2.55. The van der Waals surface area contributed by atoms with Crippen LogP contribution in [0.5, 0.6) is 0 Å². The van der Waals surface area contributed by atoms with Gasteiger partial charge in [0.05, 0.1) is 0 Å². The molecule has 0 N–H and O–H groups in total. The van der Waals surface area contributed by atoms with Gasteiger partial charge in [0.15, 0.2) is 0 Å². The van der Waals surface area contributed by atoms with Gasteiger partial charge in [0.2, 0.25) is 0 Å². The van der Waals surface area contributed by atoms with E-state index in [1.54, 1.807) is 0 Å². The Morgan fingerprint density at radius 1 is 1.10 bits per heavy atom. The third-order valence-electron chi connectivity index (χ3n) is 1.37. The van der Waals surface area contributed by atoms with Gasteiger partial charge in [-0.2, -0.15) is 0 Å². The van der Waals surface area contributed by atoms with Crippen LogP contribution >= 0.6 is 17.0 Å². The predicted octanol–water partition coefficient (Wildman–Crippen LogP) is 3.72. The second kappa shape index (κ2) is 7.34. The first-order chi connectivity index (χ1) is 4.72. The minimum absolute atomic E-state index is 0.236. The zero-order valence-electron chi connectivity index (χ0n) is 6.58. The van der Waals surface area contributed by atoms with Crippen molar-refractivity contribution >= 4 is 22.5 Å². The summed E-state index contributed by atoms with van der Waals surface area (Å²) in [5.41, 5.74) is -0.236. The van der Waals surface area contributed by atoms with Crippen molar-refractivity contribution in [2.45, 2.75) is 38.8 Å². The summed E-state index contributed by atoms with van der Waals surface area (Å²) in [5, 5.41) is 0. The second-order valence-corrected chi connectivity index (χ2v) is 23.4. The van der Waals surface area contributed by atoms with Crippen LogP contribution in [-0.4, -0.2) is 5.43 Å². The number of halogens is 2. The fraction of sp³-hybridized carbons (Fsp3) is 1.00. The monoisotopic (exact) mass is 274 g/mol. The maximum absolute atomic E-state index is 6.01. The SMILES string of the molecule is CCC[Si](CCC)=[Zr]([Cl])[Cl]. The molecule has 0 aliphatic rings. The average Bonchev–Trinajstić information content (AvgIpc) is 1.87. The Labute approximate surface area is 78.6 Å². The molecular formula is C6H14Cl2SiZr. The van der Waals surface area contributed by atoms with Crippen molar-refractivity contribution in [2.24, 2.45) is 0 Å². The number of rotatable bonds is 4. The van der Waals surface area contributed by atoms with Crippen LogP contribution in [-0.2, 0) is 18.0 Å². The number of hydrogen-bond donors (Lipinski definition) is 0. The number of hydrogen-bond acceptors (Lipinski definition) is 0. The van der Waals surface area contributed by atoms with E-state index in [2.05, 4.69) is 13.8 Å². The summed E-state index contributed by atoms with van der Waals surface area (Å²) >= 11 is -1.78. The molecule has 0 fully saturated rings. The quantitative estimate of drug-likeness (QED) is 0.686. The van der Waals surface area contributed by atoms with Crippen LogP contribution in [0.3, 0.4) is 0 Å². The van der Waals surface area contributed by atoms with Gasteiger partial charge in [-0.25, -0.2) is 0 Å². The molecule has 4 heteroatoms. The third kappa shape index (κ3) is 5.35. The molecule has 10 heavy (non-hydrogen) atoms. The molecule has 0 saturated heterocycles. The van der Waals surface area contributed by atoms with Gasteiger partial charge in [-0.15, -0.1) is 0 Å². The van der Waals surface area contributed by atoms with Crippen LogP contribution in [0.15, 0.2) is 0 Å². The fourth-order valence-corrected chi connectivity index (χ4v) is 15.9. The van der Waals surface area contributed by atoms with Gasteiger partial charge in [0, 0.05) is 0 Å². The molecule has 0 heterocycles. The van der Waals surface area contributed by atoms with Crippen molar-refractivity contribution in [3.05, 3.63) is 0 Å². The van der Waals surface area contributed by atoms with Crippen LogP contribution in [0.4, 0.5) is 0 Å². The molecule has 0 aromatic rings. The zero-order chi connectivity index (χ0) is 7.98. The molecule has 0 radical (unpaired) electrons. The van der Waals surface area contributed by atoms with Gasteiger partial charge in [-0.05, 0) is 0 Å². The molecule has 0 spiro atoms. The summed E-state index contributed by atoms with van der Waals surface area (Å²) in [7, 11) is 12.0. The standard InChI is InChI=1S/C6H14Si.2ClH.Zr/c1-3-5-7-6-4-2;;;/h3-6H2,1-2H3;2*1H;/q;;;+2/p-2. The first kappa shape index (κ1) is 11.7. The molecule has 0 aromatic heterocycles. The van der Waals surface area contributed by atoms with Gasteiger partial charge < -0.3 is 0 Å². The van der Waals surface area contributed by atoms with E-state index in [-0.39, 0.29) is 5.43 Å². The topological polar surface area (TPSA) is 0 Å². The van der Waals surface area contributed by atoms with E-state index >= 15 is 0 Å². The van der Waals surface area contributed by atoms with Crippen molar-refractivity contribution in [2.75, 3.05) is 0 Å². The Morgan fingerprint density at radius 3 is 1.70 bits per heavy atom. The molecule has 0 bridgehead atoms. The Kier molecular flexibility index (Phi) is 8.57. The van der Waals surface area contributed by atoms with Crippen LogP contribution in [0.1, 0.15) is 26.7 Å². The van der Waals surface area contributed by atoms with Crippen LogP contribution in [0, 0.1) is 0 Å². The molecule has 0 amide bonds. The van der Waals surface area contributed by atoms with Gasteiger partial charge in [0.25, 0.3) is 0 Å². The molecule has 60 valence electrons. The summed E-state index contributed by atoms with van der Waals surface area (Å²) in [6, 6.07) is 2.70. The Bertz CT molecular complexity index is 113. The Balaban J connectivity index is 3.86. The Morgan fingerprint density at radius 2 is 1.50 bits per heavy atom. The molecule has 0 aromatic carbocycles. The van der Waals surface area contributed by atoms with Crippen molar-refractivity contribution < 1.29 is 18.0 Å². The zero-order valence-corrected chi connectivity index (χ0v) is 11.6. The third-order valence-corrected chi connectivity index (χ3v) is 21.2. The summed E-state index contributed by atoms with van der Waals surface area (Å²) in [4.78, 5) is 0. The molecule has 0 aliphatic heterocycles. The van der Waals surface area contributed by atoms with E-state index in [0.717, 1.165) is 0 Å². The minimum atomic E-state index is -1.78. The molecule has 0 nitrogen and oxygen atoms in total. The summed E-state index contributed by atoms with van der Waals surface area (Å²) in [5.74, 6) is 0. The van der Waals surface area contributed by atoms with Crippen LogP contribution in [0.2, 0.25) is 12.1 Å².